The Balaban J connectivity index is 1.80. The van der Waals surface area contributed by atoms with Gasteiger partial charge in [0.1, 0.15) is 5.82 Å². The van der Waals surface area contributed by atoms with Crippen LogP contribution in [-0.2, 0) is 13.0 Å². The quantitative estimate of drug-likeness (QED) is 0.870. The molecule has 0 atom stereocenters. The first kappa shape index (κ1) is 12.2. The van der Waals surface area contributed by atoms with Gasteiger partial charge in [0.25, 0.3) is 0 Å². The van der Waals surface area contributed by atoms with Crippen molar-refractivity contribution in [3.63, 3.8) is 0 Å². The molecule has 2 saturated carbocycles. The van der Waals surface area contributed by atoms with E-state index in [2.05, 4.69) is 16.5 Å². The number of aromatic nitrogens is 2. The Morgan fingerprint density at radius 1 is 1.28 bits per heavy atom. The van der Waals surface area contributed by atoms with Gasteiger partial charge in [-0.1, -0.05) is 12.8 Å². The number of aryl methyl sites for hydroxylation is 1. The molecule has 1 aromatic heterocycles. The number of aliphatic hydroxyl groups is 1. The second-order valence-corrected chi connectivity index (χ2v) is 6.05. The Morgan fingerprint density at radius 3 is 2.33 bits per heavy atom. The van der Waals surface area contributed by atoms with Gasteiger partial charge in [-0.15, -0.1) is 0 Å². The minimum atomic E-state index is -0.477. The number of nitrogens with zero attached hydrogens (tertiary/aromatic N) is 2. The van der Waals surface area contributed by atoms with Crippen LogP contribution >= 0.6 is 0 Å². The van der Waals surface area contributed by atoms with Crippen LogP contribution in [0.4, 0.5) is 0 Å². The Kier molecular flexibility index (Phi) is 3.18. The summed E-state index contributed by atoms with van der Waals surface area (Å²) in [4.78, 5) is 4.46. The zero-order valence-corrected chi connectivity index (χ0v) is 11.3. The monoisotopic (exact) mass is 248 g/mol. The van der Waals surface area contributed by atoms with Crippen LogP contribution in [0.3, 0.4) is 0 Å². The number of hydrogen-bond acceptors (Lipinski definition) is 2. The van der Waals surface area contributed by atoms with E-state index in [4.69, 9.17) is 0 Å². The highest BCUT2D eigenvalue weighted by atomic mass is 16.3. The van der Waals surface area contributed by atoms with Gasteiger partial charge >= 0.3 is 0 Å². The number of imidazole rings is 1. The second kappa shape index (κ2) is 4.69. The highest BCUT2D eigenvalue weighted by molar-refractivity contribution is 5.06. The van der Waals surface area contributed by atoms with Crippen LogP contribution in [0.2, 0.25) is 0 Å². The summed E-state index contributed by atoms with van der Waals surface area (Å²) in [6, 6.07) is 0. The molecule has 100 valence electrons. The van der Waals surface area contributed by atoms with Crippen LogP contribution in [-0.4, -0.2) is 20.3 Å². The first-order valence-corrected chi connectivity index (χ1v) is 7.46. The Morgan fingerprint density at radius 2 is 1.89 bits per heavy atom. The van der Waals surface area contributed by atoms with Gasteiger partial charge < -0.3 is 9.67 Å². The van der Waals surface area contributed by atoms with E-state index in [9.17, 15) is 5.11 Å². The van der Waals surface area contributed by atoms with E-state index in [0.29, 0.717) is 11.8 Å². The molecule has 0 radical (unpaired) electrons. The number of hydrogen-bond donors (Lipinski definition) is 1. The van der Waals surface area contributed by atoms with Crippen molar-refractivity contribution in [2.75, 3.05) is 0 Å². The van der Waals surface area contributed by atoms with Crippen LogP contribution in [0.15, 0.2) is 12.4 Å². The third kappa shape index (κ3) is 1.89. The lowest BCUT2D eigenvalue weighted by Gasteiger charge is -2.49. The fourth-order valence-electron chi connectivity index (χ4n) is 3.49. The molecule has 1 heterocycles. The van der Waals surface area contributed by atoms with E-state index in [1.807, 2.05) is 12.4 Å². The summed E-state index contributed by atoms with van der Waals surface area (Å²) in [5.41, 5.74) is -0.477. The van der Waals surface area contributed by atoms with Crippen molar-refractivity contribution in [1.82, 2.24) is 9.55 Å². The molecule has 3 heteroatoms. The summed E-state index contributed by atoms with van der Waals surface area (Å²) in [7, 11) is 0. The minimum absolute atomic E-state index is 0.477. The Labute approximate surface area is 109 Å². The summed E-state index contributed by atoms with van der Waals surface area (Å²) in [6.07, 6.45) is 12.1. The fourth-order valence-corrected chi connectivity index (χ4v) is 3.49. The molecule has 1 N–H and O–H groups in total. The lowest BCUT2D eigenvalue weighted by atomic mass is 9.60. The Hall–Kier alpha value is -0.830. The maximum absolute atomic E-state index is 11.2. The predicted molar refractivity (Wildman–Crippen MR) is 71.2 cm³/mol. The highest BCUT2D eigenvalue weighted by Crippen LogP contribution is 2.48. The van der Waals surface area contributed by atoms with Gasteiger partial charge in [-0.2, -0.15) is 0 Å². The smallest absolute Gasteiger partial charge is 0.111 e. The summed E-state index contributed by atoms with van der Waals surface area (Å²) < 4.78 is 2.17. The molecule has 3 nitrogen and oxygen atoms in total. The first-order valence-electron chi connectivity index (χ1n) is 7.46. The van der Waals surface area contributed by atoms with E-state index < -0.39 is 5.60 Å². The molecule has 2 aliphatic rings. The molecule has 1 aromatic rings. The van der Waals surface area contributed by atoms with Gasteiger partial charge in [0, 0.05) is 25.4 Å². The third-order valence-corrected chi connectivity index (χ3v) is 5.21. The average Bonchev–Trinajstić information content (AvgIpc) is 2.58. The van der Waals surface area contributed by atoms with E-state index in [-0.39, 0.29) is 0 Å². The van der Waals surface area contributed by atoms with Crippen molar-refractivity contribution in [2.45, 2.75) is 64.0 Å². The lowest BCUT2D eigenvalue weighted by molar-refractivity contribution is -0.119. The van der Waals surface area contributed by atoms with Crippen molar-refractivity contribution < 1.29 is 5.11 Å². The van der Waals surface area contributed by atoms with Gasteiger partial charge in [0.15, 0.2) is 0 Å². The van der Waals surface area contributed by atoms with Gasteiger partial charge in [0.2, 0.25) is 0 Å². The lowest BCUT2D eigenvalue weighted by Crippen LogP contribution is -2.52. The first-order chi connectivity index (χ1) is 8.74. The zero-order chi connectivity index (χ0) is 12.6. The van der Waals surface area contributed by atoms with Gasteiger partial charge in [0.05, 0.1) is 5.60 Å². The van der Waals surface area contributed by atoms with E-state index in [0.717, 1.165) is 18.8 Å². The van der Waals surface area contributed by atoms with Crippen molar-refractivity contribution in [1.29, 1.82) is 0 Å². The fraction of sp³-hybridized carbons (Fsp3) is 0.800. The SMILES string of the molecule is CCn1ccnc1CC(O)(C1CCC1)C1CCC1. The molecule has 0 aliphatic heterocycles. The third-order valence-electron chi connectivity index (χ3n) is 5.21. The van der Waals surface area contributed by atoms with Crippen molar-refractivity contribution in [3.8, 4) is 0 Å². The highest BCUT2D eigenvalue weighted by Gasteiger charge is 2.48. The van der Waals surface area contributed by atoms with Crippen LogP contribution < -0.4 is 0 Å². The molecule has 0 unspecified atom stereocenters. The summed E-state index contributed by atoms with van der Waals surface area (Å²) in [5, 5.41) is 11.2. The normalized spacial score (nSPS) is 21.7. The maximum atomic E-state index is 11.2. The molecule has 0 bridgehead atoms. The van der Waals surface area contributed by atoms with Crippen LogP contribution in [0, 0.1) is 11.8 Å². The number of rotatable bonds is 5. The maximum Gasteiger partial charge on any atom is 0.111 e. The summed E-state index contributed by atoms with van der Waals surface area (Å²) in [5.74, 6) is 2.11. The molecule has 3 rings (SSSR count). The summed E-state index contributed by atoms with van der Waals surface area (Å²) >= 11 is 0. The van der Waals surface area contributed by atoms with Gasteiger partial charge in [-0.25, -0.2) is 4.98 Å². The second-order valence-electron chi connectivity index (χ2n) is 6.05. The molecule has 0 spiro atoms. The molecule has 2 aliphatic carbocycles. The molecule has 0 saturated heterocycles. The molecular formula is C15H24N2O. The van der Waals surface area contributed by atoms with E-state index in [1.54, 1.807) is 0 Å². The van der Waals surface area contributed by atoms with Gasteiger partial charge in [-0.3, -0.25) is 0 Å². The zero-order valence-electron chi connectivity index (χ0n) is 11.3. The van der Waals surface area contributed by atoms with Crippen LogP contribution in [0.25, 0.3) is 0 Å². The standard InChI is InChI=1S/C15H24N2O/c1-2-17-10-9-16-14(17)11-15(18,12-5-3-6-12)13-7-4-8-13/h9-10,12-13,18H,2-8,11H2,1H3. The minimum Gasteiger partial charge on any atom is -0.389 e. The summed E-state index contributed by atoms with van der Waals surface area (Å²) in [6.45, 7) is 3.08. The van der Waals surface area contributed by atoms with Crippen molar-refractivity contribution in [3.05, 3.63) is 18.2 Å². The topological polar surface area (TPSA) is 38.0 Å². The van der Waals surface area contributed by atoms with Crippen LogP contribution in [0.5, 0.6) is 0 Å². The van der Waals surface area contributed by atoms with Crippen molar-refractivity contribution in [2.24, 2.45) is 11.8 Å². The van der Waals surface area contributed by atoms with Crippen LogP contribution in [0.1, 0.15) is 51.3 Å². The molecule has 0 amide bonds. The van der Waals surface area contributed by atoms with E-state index >= 15 is 0 Å². The predicted octanol–water partition coefficient (Wildman–Crippen LogP) is 2.78. The Bertz CT molecular complexity index is 390. The largest absolute Gasteiger partial charge is 0.389 e. The average molecular weight is 248 g/mol. The van der Waals surface area contributed by atoms with Crippen molar-refractivity contribution >= 4 is 0 Å². The molecular weight excluding hydrogens is 224 g/mol. The van der Waals surface area contributed by atoms with Gasteiger partial charge in [-0.05, 0) is 44.4 Å². The molecule has 0 aromatic carbocycles. The van der Waals surface area contributed by atoms with E-state index in [1.165, 1.54) is 38.5 Å². The molecule has 18 heavy (non-hydrogen) atoms. The molecule has 2 fully saturated rings.